The first-order valence-electron chi connectivity index (χ1n) is 5.90. The molecule has 0 spiro atoms. The predicted molar refractivity (Wildman–Crippen MR) is 67.4 cm³/mol. The summed E-state index contributed by atoms with van der Waals surface area (Å²) in [5.41, 5.74) is 1.33. The van der Waals surface area contributed by atoms with Gasteiger partial charge in [0.05, 0.1) is 23.8 Å². The van der Waals surface area contributed by atoms with E-state index >= 15 is 0 Å². The fourth-order valence-electron chi connectivity index (χ4n) is 1.74. The molecule has 21 heavy (non-hydrogen) atoms. The van der Waals surface area contributed by atoms with Crippen molar-refractivity contribution in [2.24, 2.45) is 0 Å². The zero-order valence-corrected chi connectivity index (χ0v) is 10.5. The highest BCUT2D eigenvalue weighted by molar-refractivity contribution is 5.57. The fraction of sp³-hybridized carbons (Fsp3) is 0.0769. The first-order chi connectivity index (χ1) is 10.0. The Morgan fingerprint density at radius 3 is 2.62 bits per heavy atom. The van der Waals surface area contributed by atoms with Crippen molar-refractivity contribution in [3.63, 3.8) is 0 Å². The van der Waals surface area contributed by atoms with E-state index in [4.69, 9.17) is 0 Å². The van der Waals surface area contributed by atoms with Gasteiger partial charge in [-0.2, -0.15) is 18.3 Å². The molecule has 0 unspecified atom stereocenters. The maximum absolute atomic E-state index is 12.6. The maximum Gasteiger partial charge on any atom is 0.451 e. The minimum atomic E-state index is -4.57. The molecule has 0 bridgehead atoms. The minimum absolute atomic E-state index is 0.160. The molecule has 106 valence electrons. The summed E-state index contributed by atoms with van der Waals surface area (Å²) in [6.45, 7) is 0. The number of pyridine rings is 1. The lowest BCUT2D eigenvalue weighted by Gasteiger charge is -2.05. The van der Waals surface area contributed by atoms with Gasteiger partial charge in [0.1, 0.15) is 0 Å². The van der Waals surface area contributed by atoms with Crippen LogP contribution < -0.4 is 0 Å². The molecular formula is C13H8F3N5. The Morgan fingerprint density at radius 2 is 1.90 bits per heavy atom. The van der Waals surface area contributed by atoms with Crippen LogP contribution in [0.1, 0.15) is 5.82 Å². The molecule has 0 N–H and O–H groups in total. The van der Waals surface area contributed by atoms with Crippen molar-refractivity contribution in [2.75, 3.05) is 0 Å². The van der Waals surface area contributed by atoms with Crippen molar-refractivity contribution in [1.29, 1.82) is 0 Å². The van der Waals surface area contributed by atoms with Gasteiger partial charge in [-0.1, -0.05) is 0 Å². The molecule has 0 aliphatic rings. The van der Waals surface area contributed by atoms with Crippen molar-refractivity contribution in [2.45, 2.75) is 6.18 Å². The number of alkyl halides is 3. The van der Waals surface area contributed by atoms with E-state index in [2.05, 4.69) is 20.1 Å². The van der Waals surface area contributed by atoms with Gasteiger partial charge in [-0.3, -0.25) is 4.98 Å². The van der Waals surface area contributed by atoms with Gasteiger partial charge in [-0.25, -0.2) is 14.6 Å². The van der Waals surface area contributed by atoms with Crippen LogP contribution in [0, 0.1) is 0 Å². The summed E-state index contributed by atoms with van der Waals surface area (Å²) >= 11 is 0. The molecule has 0 saturated heterocycles. The zero-order valence-electron chi connectivity index (χ0n) is 10.5. The average molecular weight is 291 g/mol. The van der Waals surface area contributed by atoms with E-state index in [1.165, 1.54) is 16.9 Å². The average Bonchev–Trinajstić information content (AvgIpc) is 2.97. The first kappa shape index (κ1) is 13.2. The van der Waals surface area contributed by atoms with Gasteiger partial charge in [-0.15, -0.1) is 0 Å². The zero-order chi connectivity index (χ0) is 14.9. The van der Waals surface area contributed by atoms with Crippen LogP contribution in [-0.2, 0) is 6.18 Å². The fourth-order valence-corrected chi connectivity index (χ4v) is 1.74. The SMILES string of the molecule is FC(F)(F)c1nccc(-c2cnn(-c3cccnc3)c2)n1. The van der Waals surface area contributed by atoms with Crippen molar-refractivity contribution >= 4 is 0 Å². The molecule has 0 fully saturated rings. The Bertz CT molecular complexity index is 752. The van der Waals surface area contributed by atoms with Gasteiger partial charge in [-0.05, 0) is 18.2 Å². The topological polar surface area (TPSA) is 56.5 Å². The summed E-state index contributed by atoms with van der Waals surface area (Å²) in [5, 5.41) is 4.09. The van der Waals surface area contributed by atoms with Crippen LogP contribution in [0.15, 0.2) is 49.2 Å². The van der Waals surface area contributed by atoms with Crippen molar-refractivity contribution in [3.05, 3.63) is 55.0 Å². The van der Waals surface area contributed by atoms with Gasteiger partial charge in [0, 0.05) is 24.2 Å². The highest BCUT2D eigenvalue weighted by atomic mass is 19.4. The molecule has 0 atom stereocenters. The molecule has 3 rings (SSSR count). The molecule has 0 aliphatic carbocycles. The van der Waals surface area contributed by atoms with E-state index in [9.17, 15) is 13.2 Å². The summed E-state index contributed by atoms with van der Waals surface area (Å²) in [6.07, 6.45) is 2.74. The van der Waals surface area contributed by atoms with Crippen LogP contribution in [0.3, 0.4) is 0 Å². The Balaban J connectivity index is 1.97. The van der Waals surface area contributed by atoms with Crippen LogP contribution in [0.4, 0.5) is 13.2 Å². The predicted octanol–water partition coefficient (Wildman–Crippen LogP) is 2.74. The third-order valence-electron chi connectivity index (χ3n) is 2.70. The molecule has 0 amide bonds. The molecule has 3 heterocycles. The third-order valence-corrected chi connectivity index (χ3v) is 2.70. The van der Waals surface area contributed by atoms with Crippen LogP contribution in [0.25, 0.3) is 16.9 Å². The standard InChI is InChI=1S/C13H8F3N5/c14-13(15,16)12-18-5-3-11(20-12)9-6-19-21(8-9)10-2-1-4-17-7-10/h1-8H. The summed E-state index contributed by atoms with van der Waals surface area (Å²) < 4.78 is 39.3. The van der Waals surface area contributed by atoms with Crippen LogP contribution in [0.5, 0.6) is 0 Å². The molecule has 0 saturated carbocycles. The lowest BCUT2D eigenvalue weighted by atomic mass is 10.2. The van der Waals surface area contributed by atoms with Crippen molar-refractivity contribution in [3.8, 4) is 16.9 Å². The third kappa shape index (κ3) is 2.73. The first-order valence-corrected chi connectivity index (χ1v) is 5.90. The molecule has 5 nitrogen and oxygen atoms in total. The quantitative estimate of drug-likeness (QED) is 0.728. The number of nitrogens with zero attached hydrogens (tertiary/aromatic N) is 5. The van der Waals surface area contributed by atoms with E-state index < -0.39 is 12.0 Å². The van der Waals surface area contributed by atoms with Gasteiger partial charge in [0.25, 0.3) is 0 Å². The molecule has 0 aliphatic heterocycles. The number of hydrogen-bond donors (Lipinski definition) is 0. The van der Waals surface area contributed by atoms with E-state index in [0.29, 0.717) is 11.3 Å². The molecule has 8 heteroatoms. The number of halogens is 3. The molecule has 0 radical (unpaired) electrons. The summed E-state index contributed by atoms with van der Waals surface area (Å²) in [5.74, 6) is -1.17. The molecular weight excluding hydrogens is 283 g/mol. The van der Waals surface area contributed by atoms with Gasteiger partial charge in [0.15, 0.2) is 0 Å². The largest absolute Gasteiger partial charge is 0.451 e. The Kier molecular flexibility index (Phi) is 3.13. The van der Waals surface area contributed by atoms with Crippen LogP contribution in [-0.4, -0.2) is 24.7 Å². The number of rotatable bonds is 2. The van der Waals surface area contributed by atoms with E-state index in [-0.39, 0.29) is 5.69 Å². The van der Waals surface area contributed by atoms with Crippen LogP contribution in [0.2, 0.25) is 0 Å². The van der Waals surface area contributed by atoms with Gasteiger partial charge >= 0.3 is 6.18 Å². The highest BCUT2D eigenvalue weighted by Gasteiger charge is 2.34. The second-order valence-corrected chi connectivity index (χ2v) is 4.15. The monoisotopic (exact) mass is 291 g/mol. The molecule has 3 aromatic heterocycles. The van der Waals surface area contributed by atoms with Crippen molar-refractivity contribution < 1.29 is 13.2 Å². The Hall–Kier alpha value is -2.77. The Labute approximate surface area is 117 Å². The van der Waals surface area contributed by atoms with Crippen molar-refractivity contribution in [1.82, 2.24) is 24.7 Å². The Morgan fingerprint density at radius 1 is 1.05 bits per heavy atom. The summed E-state index contributed by atoms with van der Waals surface area (Å²) in [6, 6.07) is 4.92. The highest BCUT2D eigenvalue weighted by Crippen LogP contribution is 2.27. The maximum atomic E-state index is 12.6. The van der Waals surface area contributed by atoms with E-state index in [1.54, 1.807) is 30.7 Å². The van der Waals surface area contributed by atoms with E-state index in [1.807, 2.05) is 0 Å². The normalized spacial score (nSPS) is 11.6. The van der Waals surface area contributed by atoms with Gasteiger partial charge in [0.2, 0.25) is 5.82 Å². The molecule has 3 aromatic rings. The number of aromatic nitrogens is 5. The minimum Gasteiger partial charge on any atom is -0.262 e. The summed E-state index contributed by atoms with van der Waals surface area (Å²) in [7, 11) is 0. The molecule has 0 aromatic carbocycles. The summed E-state index contributed by atoms with van der Waals surface area (Å²) in [4.78, 5) is 10.7. The second-order valence-electron chi connectivity index (χ2n) is 4.15. The second kappa shape index (κ2) is 4.97. The number of hydrogen-bond acceptors (Lipinski definition) is 4. The lowest BCUT2D eigenvalue weighted by Crippen LogP contribution is -2.10. The smallest absolute Gasteiger partial charge is 0.262 e. The van der Waals surface area contributed by atoms with Gasteiger partial charge < -0.3 is 0 Å². The lowest BCUT2D eigenvalue weighted by molar-refractivity contribution is -0.144. The van der Waals surface area contributed by atoms with E-state index in [0.717, 1.165) is 6.20 Å². The van der Waals surface area contributed by atoms with Crippen LogP contribution >= 0.6 is 0 Å².